The maximum absolute atomic E-state index is 5.58. The van der Waals surface area contributed by atoms with Crippen LogP contribution in [0.2, 0.25) is 0 Å². The number of rotatable bonds is 2. The largest absolute Gasteiger partial charge is 0.326 e. The molecular formula is C10H12N4. The van der Waals surface area contributed by atoms with Crippen molar-refractivity contribution in [2.45, 2.75) is 13.5 Å². The van der Waals surface area contributed by atoms with E-state index in [0.29, 0.717) is 6.54 Å². The summed E-state index contributed by atoms with van der Waals surface area (Å²) in [5, 5.41) is 7.55. The van der Waals surface area contributed by atoms with Crippen LogP contribution in [0, 0.1) is 6.92 Å². The van der Waals surface area contributed by atoms with Crippen molar-refractivity contribution >= 4 is 0 Å². The summed E-state index contributed by atoms with van der Waals surface area (Å²) in [6.07, 6.45) is 3.37. The molecule has 0 saturated heterocycles. The first-order chi connectivity index (χ1) is 6.81. The molecule has 0 atom stereocenters. The second-order valence-corrected chi connectivity index (χ2v) is 3.19. The minimum atomic E-state index is 0.551. The molecule has 2 aromatic rings. The van der Waals surface area contributed by atoms with Crippen molar-refractivity contribution in [1.29, 1.82) is 0 Å². The fourth-order valence-corrected chi connectivity index (χ4v) is 1.39. The molecule has 0 aliphatic rings. The molecule has 0 bridgehead atoms. The lowest BCUT2D eigenvalue weighted by Crippen LogP contribution is -2.00. The second-order valence-electron chi connectivity index (χ2n) is 3.19. The van der Waals surface area contributed by atoms with Gasteiger partial charge in [-0.1, -0.05) is 12.1 Å². The van der Waals surface area contributed by atoms with Gasteiger partial charge in [0.15, 0.2) is 0 Å². The monoisotopic (exact) mass is 188 g/mol. The van der Waals surface area contributed by atoms with E-state index in [9.17, 15) is 0 Å². The van der Waals surface area contributed by atoms with Crippen molar-refractivity contribution in [3.05, 3.63) is 42.0 Å². The van der Waals surface area contributed by atoms with Gasteiger partial charge in [0, 0.05) is 6.54 Å². The Morgan fingerprint density at radius 3 is 2.64 bits per heavy atom. The zero-order valence-electron chi connectivity index (χ0n) is 8.01. The third-order valence-corrected chi connectivity index (χ3v) is 2.21. The highest BCUT2D eigenvalue weighted by Crippen LogP contribution is 2.14. The average molecular weight is 188 g/mol. The number of hydrogen-bond acceptors (Lipinski definition) is 3. The van der Waals surface area contributed by atoms with Crippen LogP contribution in [0.4, 0.5) is 0 Å². The molecule has 0 fully saturated rings. The number of hydrogen-bond donors (Lipinski definition) is 1. The molecule has 0 spiro atoms. The lowest BCUT2D eigenvalue weighted by atomic mass is 10.1. The lowest BCUT2D eigenvalue weighted by molar-refractivity contribution is 1.01. The SMILES string of the molecule is Cc1ccc(CN)cc1-n1cnnc1. The van der Waals surface area contributed by atoms with E-state index in [1.54, 1.807) is 12.7 Å². The van der Waals surface area contributed by atoms with Gasteiger partial charge in [0.25, 0.3) is 0 Å². The predicted octanol–water partition coefficient (Wildman–Crippen LogP) is 1.03. The fraction of sp³-hybridized carbons (Fsp3) is 0.200. The van der Waals surface area contributed by atoms with Crippen molar-refractivity contribution in [3.8, 4) is 5.69 Å². The van der Waals surface area contributed by atoms with E-state index >= 15 is 0 Å². The molecule has 2 N–H and O–H groups in total. The summed E-state index contributed by atoms with van der Waals surface area (Å²) in [4.78, 5) is 0. The number of nitrogens with two attached hydrogens (primary N) is 1. The fourth-order valence-electron chi connectivity index (χ4n) is 1.39. The standard InChI is InChI=1S/C10H12N4/c1-8-2-3-9(5-11)4-10(8)14-6-12-13-7-14/h2-4,6-7H,5,11H2,1H3. The zero-order valence-corrected chi connectivity index (χ0v) is 8.01. The molecule has 0 aliphatic heterocycles. The van der Waals surface area contributed by atoms with Crippen LogP contribution in [-0.4, -0.2) is 14.8 Å². The summed E-state index contributed by atoms with van der Waals surface area (Å²) in [6.45, 7) is 2.60. The first-order valence-corrected chi connectivity index (χ1v) is 4.46. The molecular weight excluding hydrogens is 176 g/mol. The molecule has 4 heteroatoms. The third-order valence-electron chi connectivity index (χ3n) is 2.21. The Balaban J connectivity index is 2.51. The van der Waals surface area contributed by atoms with Gasteiger partial charge in [0.1, 0.15) is 12.7 Å². The molecule has 1 aromatic carbocycles. The second kappa shape index (κ2) is 3.59. The maximum Gasteiger partial charge on any atom is 0.123 e. The molecule has 4 nitrogen and oxygen atoms in total. The van der Waals surface area contributed by atoms with Crippen LogP contribution in [0.15, 0.2) is 30.9 Å². The van der Waals surface area contributed by atoms with E-state index in [1.807, 2.05) is 10.6 Å². The van der Waals surface area contributed by atoms with Crippen LogP contribution in [0.25, 0.3) is 5.69 Å². The van der Waals surface area contributed by atoms with Gasteiger partial charge in [0.2, 0.25) is 0 Å². The van der Waals surface area contributed by atoms with Gasteiger partial charge < -0.3 is 5.73 Å². The van der Waals surface area contributed by atoms with Gasteiger partial charge in [0.05, 0.1) is 5.69 Å². The molecule has 0 unspecified atom stereocenters. The third kappa shape index (κ3) is 1.52. The van der Waals surface area contributed by atoms with Crippen molar-refractivity contribution < 1.29 is 0 Å². The Bertz CT molecular complexity index is 420. The van der Waals surface area contributed by atoms with E-state index in [2.05, 4.69) is 29.3 Å². The highest BCUT2D eigenvalue weighted by molar-refractivity contribution is 5.42. The van der Waals surface area contributed by atoms with Gasteiger partial charge >= 0.3 is 0 Å². The Hall–Kier alpha value is -1.68. The number of aromatic nitrogens is 3. The summed E-state index contributed by atoms with van der Waals surface area (Å²) in [5.74, 6) is 0. The van der Waals surface area contributed by atoms with Crippen molar-refractivity contribution in [1.82, 2.24) is 14.8 Å². The van der Waals surface area contributed by atoms with Gasteiger partial charge in [-0.15, -0.1) is 10.2 Å². The molecule has 0 aliphatic carbocycles. The van der Waals surface area contributed by atoms with Crippen LogP contribution in [-0.2, 0) is 6.54 Å². The lowest BCUT2D eigenvalue weighted by Gasteiger charge is -2.07. The molecule has 0 radical (unpaired) electrons. The topological polar surface area (TPSA) is 56.7 Å². The minimum absolute atomic E-state index is 0.551. The van der Waals surface area contributed by atoms with Crippen molar-refractivity contribution in [2.24, 2.45) is 5.73 Å². The summed E-state index contributed by atoms with van der Waals surface area (Å²) in [7, 11) is 0. The minimum Gasteiger partial charge on any atom is -0.326 e. The predicted molar refractivity (Wildman–Crippen MR) is 54.0 cm³/mol. The van der Waals surface area contributed by atoms with Gasteiger partial charge in [-0.25, -0.2) is 0 Å². The Morgan fingerprint density at radius 2 is 2.00 bits per heavy atom. The van der Waals surface area contributed by atoms with Crippen LogP contribution in [0.3, 0.4) is 0 Å². The van der Waals surface area contributed by atoms with E-state index in [-0.39, 0.29) is 0 Å². The summed E-state index contributed by atoms with van der Waals surface area (Å²) in [5.41, 5.74) is 8.96. The van der Waals surface area contributed by atoms with E-state index < -0.39 is 0 Å². The van der Waals surface area contributed by atoms with Crippen LogP contribution >= 0.6 is 0 Å². The van der Waals surface area contributed by atoms with Crippen LogP contribution < -0.4 is 5.73 Å². The molecule has 1 heterocycles. The van der Waals surface area contributed by atoms with E-state index in [0.717, 1.165) is 11.3 Å². The van der Waals surface area contributed by atoms with Crippen LogP contribution in [0.5, 0.6) is 0 Å². The molecule has 0 amide bonds. The highest BCUT2D eigenvalue weighted by atomic mass is 15.2. The summed E-state index contributed by atoms with van der Waals surface area (Å²) in [6, 6.07) is 6.14. The van der Waals surface area contributed by atoms with Crippen molar-refractivity contribution in [3.63, 3.8) is 0 Å². The number of nitrogens with zero attached hydrogens (tertiary/aromatic N) is 3. The number of aryl methyl sites for hydroxylation is 1. The Labute approximate surface area is 82.4 Å². The van der Waals surface area contributed by atoms with Gasteiger partial charge in [-0.3, -0.25) is 4.57 Å². The summed E-state index contributed by atoms with van der Waals surface area (Å²) < 4.78 is 1.88. The Kier molecular flexibility index (Phi) is 2.28. The average Bonchev–Trinajstić information content (AvgIpc) is 2.71. The molecule has 0 saturated carbocycles. The maximum atomic E-state index is 5.58. The van der Waals surface area contributed by atoms with Gasteiger partial charge in [-0.05, 0) is 24.1 Å². The molecule has 72 valence electrons. The van der Waals surface area contributed by atoms with Crippen LogP contribution in [0.1, 0.15) is 11.1 Å². The van der Waals surface area contributed by atoms with Gasteiger partial charge in [-0.2, -0.15) is 0 Å². The number of benzene rings is 1. The first-order valence-electron chi connectivity index (χ1n) is 4.46. The summed E-state index contributed by atoms with van der Waals surface area (Å²) >= 11 is 0. The molecule has 14 heavy (non-hydrogen) atoms. The molecule has 1 aromatic heterocycles. The quantitative estimate of drug-likeness (QED) is 0.766. The molecule has 2 rings (SSSR count). The Morgan fingerprint density at radius 1 is 1.29 bits per heavy atom. The van der Waals surface area contributed by atoms with E-state index in [4.69, 9.17) is 5.73 Å². The van der Waals surface area contributed by atoms with Crippen molar-refractivity contribution in [2.75, 3.05) is 0 Å². The smallest absolute Gasteiger partial charge is 0.123 e. The van der Waals surface area contributed by atoms with E-state index in [1.165, 1.54) is 5.56 Å². The first kappa shape index (κ1) is 8.90. The highest BCUT2D eigenvalue weighted by Gasteiger charge is 2.01. The zero-order chi connectivity index (χ0) is 9.97. The normalized spacial score (nSPS) is 10.4.